The maximum atomic E-state index is 13.1. The third kappa shape index (κ3) is 3.71. The fourth-order valence-electron chi connectivity index (χ4n) is 3.47. The molecule has 6 nitrogen and oxygen atoms in total. The Morgan fingerprint density at radius 1 is 1.03 bits per heavy atom. The topological polar surface area (TPSA) is 91.1 Å². The van der Waals surface area contributed by atoms with Gasteiger partial charge in [-0.25, -0.2) is 4.39 Å². The van der Waals surface area contributed by atoms with Crippen LogP contribution >= 0.6 is 11.3 Å². The Labute approximate surface area is 170 Å². The van der Waals surface area contributed by atoms with Gasteiger partial charge < -0.3 is 4.98 Å². The highest BCUT2D eigenvalue weighted by molar-refractivity contribution is 7.17. The number of hydrogen-bond donors (Lipinski definition) is 3. The molecule has 8 heteroatoms. The van der Waals surface area contributed by atoms with E-state index in [0.717, 1.165) is 29.0 Å². The number of fused-ring (bicyclic) bond motifs is 1. The highest BCUT2D eigenvalue weighted by Crippen LogP contribution is 2.28. The third-order valence-corrected chi connectivity index (χ3v) is 6.05. The van der Waals surface area contributed by atoms with Crippen LogP contribution in [0.1, 0.15) is 54.6 Å². The predicted molar refractivity (Wildman–Crippen MR) is 107 cm³/mol. The molecule has 3 N–H and O–H groups in total. The first-order valence-electron chi connectivity index (χ1n) is 9.15. The molecule has 0 unspecified atom stereocenters. The molecule has 148 valence electrons. The summed E-state index contributed by atoms with van der Waals surface area (Å²) in [6, 6.07) is 9.41. The highest BCUT2D eigenvalue weighted by atomic mass is 32.1. The summed E-state index contributed by atoms with van der Waals surface area (Å²) in [5, 5.41) is 0. The number of benzene rings is 1. The number of H-pyrrole nitrogens is 1. The van der Waals surface area contributed by atoms with Crippen molar-refractivity contribution in [2.24, 2.45) is 0 Å². The Morgan fingerprint density at radius 2 is 1.76 bits per heavy atom. The van der Waals surface area contributed by atoms with Crippen LogP contribution in [-0.2, 0) is 6.42 Å². The van der Waals surface area contributed by atoms with E-state index in [1.165, 1.54) is 23.5 Å². The third-order valence-electron chi connectivity index (χ3n) is 4.91. The summed E-state index contributed by atoms with van der Waals surface area (Å²) in [7, 11) is 0. The van der Waals surface area contributed by atoms with E-state index in [2.05, 4.69) is 15.8 Å². The molecule has 0 saturated carbocycles. The second-order valence-corrected chi connectivity index (χ2v) is 7.92. The molecule has 2 amide bonds. The number of aromatic nitrogens is 1. The number of amides is 2. The van der Waals surface area contributed by atoms with Gasteiger partial charge in [0.15, 0.2) is 5.78 Å². The molecular formula is C21H18FN3O3S. The molecular weight excluding hydrogens is 393 g/mol. The molecule has 2 heterocycles. The van der Waals surface area contributed by atoms with Crippen LogP contribution in [0.25, 0.3) is 10.4 Å². The van der Waals surface area contributed by atoms with Crippen molar-refractivity contribution in [1.82, 2.24) is 15.8 Å². The zero-order valence-corrected chi connectivity index (χ0v) is 16.4. The number of nitrogens with one attached hydrogen (secondary N) is 3. The molecule has 4 rings (SSSR count). The van der Waals surface area contributed by atoms with Crippen LogP contribution < -0.4 is 10.9 Å². The summed E-state index contributed by atoms with van der Waals surface area (Å²) in [6.07, 6.45) is 1.97. The lowest BCUT2D eigenvalue weighted by Crippen LogP contribution is -2.41. The van der Waals surface area contributed by atoms with Crippen molar-refractivity contribution in [2.45, 2.75) is 26.2 Å². The minimum atomic E-state index is -0.506. The van der Waals surface area contributed by atoms with E-state index in [4.69, 9.17) is 0 Å². The van der Waals surface area contributed by atoms with Gasteiger partial charge in [-0.3, -0.25) is 25.2 Å². The van der Waals surface area contributed by atoms with Gasteiger partial charge in [-0.1, -0.05) is 12.1 Å². The first-order chi connectivity index (χ1) is 13.9. The molecule has 1 aliphatic carbocycles. The molecule has 0 saturated heterocycles. The number of rotatable bonds is 3. The van der Waals surface area contributed by atoms with Crippen molar-refractivity contribution in [1.29, 1.82) is 0 Å². The number of ketones is 1. The number of carbonyl (C=O) groups excluding carboxylic acids is 3. The van der Waals surface area contributed by atoms with Gasteiger partial charge in [-0.15, -0.1) is 11.3 Å². The van der Waals surface area contributed by atoms with Gasteiger partial charge >= 0.3 is 0 Å². The van der Waals surface area contributed by atoms with Gasteiger partial charge in [0.2, 0.25) is 0 Å². The second kappa shape index (κ2) is 7.63. The predicted octanol–water partition coefficient (Wildman–Crippen LogP) is 3.78. The number of carbonyl (C=O) groups is 3. The van der Waals surface area contributed by atoms with Crippen molar-refractivity contribution in [3.05, 3.63) is 69.6 Å². The van der Waals surface area contributed by atoms with Crippen LogP contribution in [0, 0.1) is 12.7 Å². The molecule has 29 heavy (non-hydrogen) atoms. The van der Waals surface area contributed by atoms with E-state index in [1.54, 1.807) is 31.2 Å². The Hall–Kier alpha value is -3.26. The summed E-state index contributed by atoms with van der Waals surface area (Å²) in [4.78, 5) is 41.2. The minimum Gasteiger partial charge on any atom is -0.354 e. The Morgan fingerprint density at radius 3 is 2.48 bits per heavy atom. The van der Waals surface area contributed by atoms with Crippen LogP contribution in [-0.4, -0.2) is 22.6 Å². The molecule has 1 aromatic carbocycles. The molecule has 0 radical (unpaired) electrons. The molecule has 0 atom stereocenters. The van der Waals surface area contributed by atoms with Crippen LogP contribution in [0.2, 0.25) is 0 Å². The zero-order chi connectivity index (χ0) is 20.5. The standard InChI is InChI=1S/C21H18FN3O3S/c1-11-18-14(3-2-4-15(18)26)23-19(11)21(28)25-24-20(27)17-10-9-16(29-17)12-5-7-13(22)8-6-12/h5-10,23H,2-4H2,1H3,(H,24,27)(H,25,28). The lowest BCUT2D eigenvalue weighted by atomic mass is 9.94. The van der Waals surface area contributed by atoms with Crippen LogP contribution in [0.15, 0.2) is 36.4 Å². The van der Waals surface area contributed by atoms with E-state index in [9.17, 15) is 18.8 Å². The summed E-state index contributed by atoms with van der Waals surface area (Å²) in [5.74, 6) is -1.25. The molecule has 0 bridgehead atoms. The largest absolute Gasteiger partial charge is 0.354 e. The van der Waals surface area contributed by atoms with E-state index < -0.39 is 11.8 Å². The van der Waals surface area contributed by atoms with Crippen LogP contribution in [0.4, 0.5) is 4.39 Å². The van der Waals surface area contributed by atoms with Crippen LogP contribution in [0.3, 0.4) is 0 Å². The first kappa shape index (κ1) is 19.1. The number of hydrogen-bond acceptors (Lipinski definition) is 4. The Kier molecular flexibility index (Phi) is 5.02. The molecule has 0 aliphatic heterocycles. The van der Waals surface area contributed by atoms with Crippen molar-refractivity contribution >= 4 is 28.9 Å². The Bertz CT molecular complexity index is 1110. The molecule has 0 fully saturated rings. The lowest BCUT2D eigenvalue weighted by Gasteiger charge is -2.09. The fourth-order valence-corrected chi connectivity index (χ4v) is 4.37. The number of halogens is 1. The van der Waals surface area contributed by atoms with E-state index >= 15 is 0 Å². The zero-order valence-electron chi connectivity index (χ0n) is 15.6. The number of aromatic amines is 1. The monoisotopic (exact) mass is 411 g/mol. The van der Waals surface area contributed by atoms with Gasteiger partial charge in [-0.2, -0.15) is 0 Å². The summed E-state index contributed by atoms with van der Waals surface area (Å²) in [6.45, 7) is 1.73. The van der Waals surface area contributed by atoms with Crippen LogP contribution in [0.5, 0.6) is 0 Å². The Balaban J connectivity index is 1.43. The fraction of sp³-hybridized carbons (Fsp3) is 0.190. The number of aryl methyl sites for hydroxylation is 1. The van der Waals surface area contributed by atoms with E-state index in [1.807, 2.05) is 0 Å². The van der Waals surface area contributed by atoms with Gasteiger partial charge in [0.25, 0.3) is 11.8 Å². The molecule has 3 aromatic rings. The molecule has 0 spiro atoms. The smallest absolute Gasteiger partial charge is 0.286 e. The van der Waals surface area contributed by atoms with Gasteiger partial charge in [-0.05, 0) is 55.2 Å². The molecule has 1 aliphatic rings. The van der Waals surface area contributed by atoms with Gasteiger partial charge in [0.1, 0.15) is 11.5 Å². The average molecular weight is 411 g/mol. The maximum Gasteiger partial charge on any atom is 0.286 e. The summed E-state index contributed by atoms with van der Waals surface area (Å²) < 4.78 is 13.1. The number of hydrazine groups is 1. The van der Waals surface area contributed by atoms with Crippen molar-refractivity contribution < 1.29 is 18.8 Å². The lowest BCUT2D eigenvalue weighted by molar-refractivity contribution is 0.0846. The normalized spacial score (nSPS) is 13.1. The van der Waals surface area contributed by atoms with E-state index in [0.29, 0.717) is 22.4 Å². The van der Waals surface area contributed by atoms with E-state index in [-0.39, 0.29) is 17.3 Å². The SMILES string of the molecule is Cc1c(C(=O)NNC(=O)c2ccc(-c3ccc(F)cc3)s2)[nH]c2c1C(=O)CCC2. The number of thiophene rings is 1. The first-order valence-corrected chi connectivity index (χ1v) is 9.97. The van der Waals surface area contributed by atoms with Crippen molar-refractivity contribution in [2.75, 3.05) is 0 Å². The highest BCUT2D eigenvalue weighted by Gasteiger charge is 2.26. The van der Waals surface area contributed by atoms with Gasteiger partial charge in [0, 0.05) is 22.6 Å². The summed E-state index contributed by atoms with van der Waals surface area (Å²) >= 11 is 1.23. The second-order valence-electron chi connectivity index (χ2n) is 6.83. The minimum absolute atomic E-state index is 0.0370. The molecule has 2 aromatic heterocycles. The van der Waals surface area contributed by atoms with Gasteiger partial charge in [0.05, 0.1) is 4.88 Å². The van der Waals surface area contributed by atoms with Crippen molar-refractivity contribution in [3.8, 4) is 10.4 Å². The average Bonchev–Trinajstić information content (AvgIpc) is 3.32. The number of Topliss-reactive ketones (excluding diaryl/α,β-unsaturated/α-hetero) is 1. The summed E-state index contributed by atoms with van der Waals surface area (Å²) in [5.41, 5.74) is 7.85. The quantitative estimate of drug-likeness (QED) is 0.573. The van der Waals surface area contributed by atoms with Crippen molar-refractivity contribution in [3.63, 3.8) is 0 Å². The maximum absolute atomic E-state index is 13.1.